The average molecular weight is 197 g/mol. The number of aromatic nitrogens is 3. The highest BCUT2D eigenvalue weighted by atomic mass is 16.4. The minimum Gasteiger partial charge on any atom is -0.480 e. The van der Waals surface area contributed by atoms with Crippen molar-refractivity contribution in [2.75, 3.05) is 0 Å². The van der Waals surface area contributed by atoms with E-state index in [2.05, 4.69) is 10.3 Å². The molecule has 78 valence electrons. The SMILES string of the molecule is CCC(C(=O)O)n1nncc1C(C)C. The summed E-state index contributed by atoms with van der Waals surface area (Å²) in [6.07, 6.45) is 2.13. The third kappa shape index (κ3) is 1.92. The second-order valence-electron chi connectivity index (χ2n) is 3.52. The number of carboxylic acids is 1. The van der Waals surface area contributed by atoms with E-state index < -0.39 is 12.0 Å². The Bertz CT molecular complexity index is 320. The van der Waals surface area contributed by atoms with Crippen LogP contribution in [0.5, 0.6) is 0 Å². The van der Waals surface area contributed by atoms with Gasteiger partial charge in [-0.1, -0.05) is 26.0 Å². The molecule has 1 heterocycles. The minimum absolute atomic E-state index is 0.235. The summed E-state index contributed by atoms with van der Waals surface area (Å²) >= 11 is 0. The summed E-state index contributed by atoms with van der Waals surface area (Å²) in [7, 11) is 0. The maximum absolute atomic E-state index is 10.9. The molecule has 0 spiro atoms. The monoisotopic (exact) mass is 197 g/mol. The van der Waals surface area contributed by atoms with Crippen molar-refractivity contribution in [1.82, 2.24) is 15.0 Å². The Balaban J connectivity index is 3.03. The Labute approximate surface area is 82.7 Å². The number of aliphatic carboxylic acids is 1. The highest BCUT2D eigenvalue weighted by molar-refractivity contribution is 5.71. The lowest BCUT2D eigenvalue weighted by atomic mass is 10.1. The van der Waals surface area contributed by atoms with E-state index in [9.17, 15) is 4.79 Å². The molecular weight excluding hydrogens is 182 g/mol. The van der Waals surface area contributed by atoms with Gasteiger partial charge in [0.05, 0.1) is 11.9 Å². The maximum Gasteiger partial charge on any atom is 0.328 e. The number of hydrogen-bond donors (Lipinski definition) is 1. The van der Waals surface area contributed by atoms with Crippen LogP contribution in [0.15, 0.2) is 6.20 Å². The molecule has 0 saturated heterocycles. The molecule has 1 unspecified atom stereocenters. The smallest absolute Gasteiger partial charge is 0.328 e. The van der Waals surface area contributed by atoms with Gasteiger partial charge in [-0.25, -0.2) is 9.48 Å². The van der Waals surface area contributed by atoms with Gasteiger partial charge in [-0.15, -0.1) is 5.10 Å². The fraction of sp³-hybridized carbons (Fsp3) is 0.667. The van der Waals surface area contributed by atoms with E-state index in [1.807, 2.05) is 20.8 Å². The predicted molar refractivity (Wildman–Crippen MR) is 51.1 cm³/mol. The second kappa shape index (κ2) is 4.21. The highest BCUT2D eigenvalue weighted by Crippen LogP contribution is 2.18. The second-order valence-corrected chi connectivity index (χ2v) is 3.52. The van der Waals surface area contributed by atoms with Gasteiger partial charge < -0.3 is 5.11 Å². The predicted octanol–water partition coefficient (Wildman–Crippen LogP) is 1.44. The molecule has 0 saturated carbocycles. The van der Waals surface area contributed by atoms with Gasteiger partial charge in [-0.2, -0.15) is 0 Å². The number of carbonyl (C=O) groups is 1. The first-order valence-corrected chi connectivity index (χ1v) is 4.70. The van der Waals surface area contributed by atoms with Crippen LogP contribution in [0.2, 0.25) is 0 Å². The van der Waals surface area contributed by atoms with Crippen LogP contribution in [0, 0.1) is 0 Å². The van der Waals surface area contributed by atoms with E-state index in [4.69, 9.17) is 5.11 Å². The zero-order chi connectivity index (χ0) is 10.7. The molecular formula is C9H15N3O2. The average Bonchev–Trinajstić information content (AvgIpc) is 2.53. The molecule has 1 N–H and O–H groups in total. The Hall–Kier alpha value is -1.39. The molecule has 0 radical (unpaired) electrons. The first kappa shape index (κ1) is 10.7. The lowest BCUT2D eigenvalue weighted by molar-refractivity contribution is -0.141. The molecule has 1 rings (SSSR count). The summed E-state index contributed by atoms with van der Waals surface area (Å²) in [5.41, 5.74) is 0.860. The van der Waals surface area contributed by atoms with Crippen LogP contribution in [0.3, 0.4) is 0 Å². The van der Waals surface area contributed by atoms with Gasteiger partial charge in [0.25, 0.3) is 0 Å². The van der Waals surface area contributed by atoms with Crippen molar-refractivity contribution < 1.29 is 9.90 Å². The summed E-state index contributed by atoms with van der Waals surface area (Å²) in [5.74, 6) is -0.627. The van der Waals surface area contributed by atoms with E-state index in [-0.39, 0.29) is 5.92 Å². The van der Waals surface area contributed by atoms with Gasteiger partial charge in [-0.05, 0) is 12.3 Å². The molecule has 1 aromatic rings. The molecule has 5 nitrogen and oxygen atoms in total. The van der Waals surface area contributed by atoms with Gasteiger partial charge in [0.2, 0.25) is 0 Å². The first-order chi connectivity index (χ1) is 6.57. The molecule has 0 fully saturated rings. The van der Waals surface area contributed by atoms with Crippen LogP contribution in [0.25, 0.3) is 0 Å². The number of hydrogen-bond acceptors (Lipinski definition) is 3. The van der Waals surface area contributed by atoms with Crippen LogP contribution in [-0.4, -0.2) is 26.1 Å². The number of rotatable bonds is 4. The van der Waals surface area contributed by atoms with Crippen molar-refractivity contribution in [2.45, 2.75) is 39.2 Å². The quantitative estimate of drug-likeness (QED) is 0.793. The van der Waals surface area contributed by atoms with Gasteiger partial charge in [0.1, 0.15) is 0 Å². The summed E-state index contributed by atoms with van der Waals surface area (Å²) < 4.78 is 1.49. The fourth-order valence-electron chi connectivity index (χ4n) is 1.36. The summed E-state index contributed by atoms with van der Waals surface area (Å²) in [6, 6.07) is -0.602. The molecule has 0 aliphatic rings. The van der Waals surface area contributed by atoms with Gasteiger partial charge in [-0.3, -0.25) is 0 Å². The molecule has 1 aromatic heterocycles. The zero-order valence-electron chi connectivity index (χ0n) is 8.64. The van der Waals surface area contributed by atoms with E-state index in [0.29, 0.717) is 6.42 Å². The Morgan fingerprint density at radius 2 is 2.29 bits per heavy atom. The van der Waals surface area contributed by atoms with Crippen LogP contribution in [0.1, 0.15) is 44.8 Å². The van der Waals surface area contributed by atoms with Crippen molar-refractivity contribution in [3.05, 3.63) is 11.9 Å². The normalized spacial score (nSPS) is 13.1. The number of carboxylic acid groups (broad SMARTS) is 1. The standard InChI is InChI=1S/C9H15N3O2/c1-4-7(9(13)14)12-8(6(2)3)5-10-11-12/h5-7H,4H2,1-3H3,(H,13,14). The third-order valence-corrected chi connectivity index (χ3v) is 2.16. The van der Waals surface area contributed by atoms with E-state index in [0.717, 1.165) is 5.69 Å². The van der Waals surface area contributed by atoms with Crippen LogP contribution >= 0.6 is 0 Å². The maximum atomic E-state index is 10.9. The van der Waals surface area contributed by atoms with Gasteiger partial charge >= 0.3 is 5.97 Å². The van der Waals surface area contributed by atoms with Crippen molar-refractivity contribution in [2.24, 2.45) is 0 Å². The minimum atomic E-state index is -0.861. The molecule has 1 atom stereocenters. The van der Waals surface area contributed by atoms with Crippen LogP contribution in [0.4, 0.5) is 0 Å². The first-order valence-electron chi connectivity index (χ1n) is 4.70. The van der Waals surface area contributed by atoms with E-state index in [1.165, 1.54) is 4.68 Å². The fourth-order valence-corrected chi connectivity index (χ4v) is 1.36. The molecule has 5 heteroatoms. The summed E-state index contributed by atoms with van der Waals surface area (Å²) in [6.45, 7) is 5.80. The van der Waals surface area contributed by atoms with Crippen molar-refractivity contribution in [1.29, 1.82) is 0 Å². The topological polar surface area (TPSA) is 68.0 Å². The zero-order valence-corrected chi connectivity index (χ0v) is 8.64. The van der Waals surface area contributed by atoms with Crippen LogP contribution in [-0.2, 0) is 4.79 Å². The molecule has 0 amide bonds. The van der Waals surface area contributed by atoms with Crippen LogP contribution < -0.4 is 0 Å². The summed E-state index contributed by atoms with van der Waals surface area (Å²) in [5, 5.41) is 16.5. The molecule has 0 aliphatic heterocycles. The van der Waals surface area contributed by atoms with Crippen molar-refractivity contribution in [3.63, 3.8) is 0 Å². The van der Waals surface area contributed by atoms with Crippen molar-refractivity contribution >= 4 is 5.97 Å². The summed E-state index contributed by atoms with van der Waals surface area (Å²) in [4.78, 5) is 10.9. The lowest BCUT2D eigenvalue weighted by Crippen LogP contribution is -2.21. The van der Waals surface area contributed by atoms with Gasteiger partial charge in [0, 0.05) is 0 Å². The number of nitrogens with zero attached hydrogens (tertiary/aromatic N) is 3. The third-order valence-electron chi connectivity index (χ3n) is 2.16. The molecule has 0 aromatic carbocycles. The molecule has 0 bridgehead atoms. The van der Waals surface area contributed by atoms with Gasteiger partial charge in [0.15, 0.2) is 6.04 Å². The highest BCUT2D eigenvalue weighted by Gasteiger charge is 2.22. The Morgan fingerprint density at radius 3 is 2.71 bits per heavy atom. The Kier molecular flexibility index (Phi) is 3.22. The largest absolute Gasteiger partial charge is 0.480 e. The van der Waals surface area contributed by atoms with E-state index in [1.54, 1.807) is 6.20 Å². The molecule has 0 aliphatic carbocycles. The Morgan fingerprint density at radius 1 is 1.64 bits per heavy atom. The molecule has 14 heavy (non-hydrogen) atoms. The van der Waals surface area contributed by atoms with E-state index >= 15 is 0 Å². The van der Waals surface area contributed by atoms with Crippen molar-refractivity contribution in [3.8, 4) is 0 Å². The lowest BCUT2D eigenvalue weighted by Gasteiger charge is -2.14.